The molecule has 0 bridgehead atoms. The largest absolute Gasteiger partial charge is 0.480 e. The number of nitrogens with one attached hydrogen (secondary N) is 2. The summed E-state index contributed by atoms with van der Waals surface area (Å²) < 4.78 is 0. The number of nitrogens with zero attached hydrogens (tertiary/aromatic N) is 2. The molecule has 4 aromatic rings. The monoisotopic (exact) mass is 514 g/mol. The highest BCUT2D eigenvalue weighted by molar-refractivity contribution is 7.13. The lowest BCUT2D eigenvalue weighted by Crippen LogP contribution is -2.42. The van der Waals surface area contributed by atoms with Crippen LogP contribution in [0.4, 0.5) is 5.82 Å². The molecule has 0 aliphatic rings. The number of carboxylic acid groups (broad SMARTS) is 1. The summed E-state index contributed by atoms with van der Waals surface area (Å²) in [6.07, 6.45) is 1.96. The van der Waals surface area contributed by atoms with E-state index in [4.69, 9.17) is 4.98 Å². The molecule has 0 aliphatic heterocycles. The van der Waals surface area contributed by atoms with Crippen LogP contribution < -0.4 is 10.6 Å². The number of carbonyl (C=O) groups is 2. The van der Waals surface area contributed by atoms with E-state index < -0.39 is 12.0 Å². The molecule has 4 rings (SSSR count). The van der Waals surface area contributed by atoms with E-state index >= 15 is 0 Å². The number of amides is 1. The molecule has 1 atom stereocenters. The zero-order chi connectivity index (χ0) is 26.5. The van der Waals surface area contributed by atoms with Gasteiger partial charge >= 0.3 is 5.97 Å². The summed E-state index contributed by atoms with van der Waals surface area (Å²) in [6.45, 7) is 8.30. The summed E-state index contributed by atoms with van der Waals surface area (Å²) >= 11 is 1.55. The minimum atomic E-state index is -1.07. The van der Waals surface area contributed by atoms with Crippen LogP contribution in [0.5, 0.6) is 0 Å². The van der Waals surface area contributed by atoms with Crippen molar-refractivity contribution in [2.24, 2.45) is 0 Å². The summed E-state index contributed by atoms with van der Waals surface area (Å²) in [6, 6.07) is 14.4. The fraction of sp³-hybridized carbons (Fsp3) is 0.241. The molecule has 3 N–H and O–H groups in total. The SMILES string of the molecule is Cc1ccnc(NCc2csc(-c3ccc(CC(NC(=O)c4c(C)cc(C)cc4C)C(=O)O)cc3)n2)c1. The van der Waals surface area contributed by atoms with Crippen molar-refractivity contribution in [1.82, 2.24) is 15.3 Å². The van der Waals surface area contributed by atoms with Crippen LogP contribution >= 0.6 is 11.3 Å². The zero-order valence-electron chi connectivity index (χ0n) is 21.3. The zero-order valence-corrected chi connectivity index (χ0v) is 22.1. The van der Waals surface area contributed by atoms with Crippen LogP contribution in [-0.4, -0.2) is 33.0 Å². The molecule has 0 fully saturated rings. The third kappa shape index (κ3) is 6.59. The van der Waals surface area contributed by atoms with E-state index in [-0.39, 0.29) is 12.3 Å². The van der Waals surface area contributed by atoms with Gasteiger partial charge in [-0.15, -0.1) is 11.3 Å². The van der Waals surface area contributed by atoms with Crippen LogP contribution in [0.15, 0.2) is 60.1 Å². The van der Waals surface area contributed by atoms with Crippen LogP contribution in [-0.2, 0) is 17.8 Å². The van der Waals surface area contributed by atoms with Gasteiger partial charge in [-0.1, -0.05) is 42.0 Å². The summed E-state index contributed by atoms with van der Waals surface area (Å²) in [5.74, 6) is -0.629. The van der Waals surface area contributed by atoms with Crippen molar-refractivity contribution >= 4 is 29.0 Å². The van der Waals surface area contributed by atoms with Gasteiger partial charge < -0.3 is 15.7 Å². The van der Waals surface area contributed by atoms with E-state index in [1.54, 1.807) is 17.5 Å². The van der Waals surface area contributed by atoms with Crippen LogP contribution in [0.3, 0.4) is 0 Å². The Labute approximate surface area is 220 Å². The highest BCUT2D eigenvalue weighted by atomic mass is 32.1. The fourth-order valence-electron chi connectivity index (χ4n) is 4.32. The predicted molar refractivity (Wildman–Crippen MR) is 147 cm³/mol. The first-order valence-corrected chi connectivity index (χ1v) is 12.9. The van der Waals surface area contributed by atoms with Crippen LogP contribution in [0.2, 0.25) is 0 Å². The highest BCUT2D eigenvalue weighted by Crippen LogP contribution is 2.25. The number of carbonyl (C=O) groups excluding carboxylic acids is 1. The summed E-state index contributed by atoms with van der Waals surface area (Å²) in [4.78, 5) is 33.9. The van der Waals surface area contributed by atoms with Crippen molar-refractivity contribution in [1.29, 1.82) is 0 Å². The van der Waals surface area contributed by atoms with Gasteiger partial charge in [-0.3, -0.25) is 4.79 Å². The molecule has 190 valence electrons. The molecule has 7 nitrogen and oxygen atoms in total. The molecule has 2 heterocycles. The van der Waals surface area contributed by atoms with Crippen LogP contribution in [0.1, 0.15) is 43.9 Å². The number of hydrogen-bond donors (Lipinski definition) is 3. The lowest BCUT2D eigenvalue weighted by molar-refractivity contribution is -0.139. The Bertz CT molecular complexity index is 1410. The van der Waals surface area contributed by atoms with E-state index in [1.165, 1.54) is 0 Å². The molecule has 0 aliphatic carbocycles. The highest BCUT2D eigenvalue weighted by Gasteiger charge is 2.23. The number of aromatic nitrogens is 2. The van der Waals surface area contributed by atoms with E-state index in [9.17, 15) is 14.7 Å². The normalized spacial score (nSPS) is 11.7. The topological polar surface area (TPSA) is 104 Å². The van der Waals surface area contributed by atoms with Gasteiger partial charge in [-0.05, 0) is 62.1 Å². The number of anilines is 1. The van der Waals surface area contributed by atoms with Gasteiger partial charge in [0.05, 0.1) is 12.2 Å². The Morgan fingerprint density at radius 3 is 2.32 bits per heavy atom. The van der Waals surface area contributed by atoms with Gasteiger partial charge in [0.25, 0.3) is 5.91 Å². The fourth-order valence-corrected chi connectivity index (χ4v) is 5.15. The Morgan fingerprint density at radius 2 is 1.68 bits per heavy atom. The number of rotatable bonds is 9. The smallest absolute Gasteiger partial charge is 0.326 e. The van der Waals surface area contributed by atoms with Crippen molar-refractivity contribution in [2.75, 3.05) is 5.32 Å². The Morgan fingerprint density at radius 1 is 0.973 bits per heavy atom. The third-order valence-electron chi connectivity index (χ3n) is 6.07. The second-order valence-corrected chi connectivity index (χ2v) is 10.1. The average molecular weight is 515 g/mol. The molecule has 2 aromatic carbocycles. The first-order chi connectivity index (χ1) is 17.7. The molecule has 0 spiro atoms. The molecule has 0 radical (unpaired) electrons. The van der Waals surface area contributed by atoms with Gasteiger partial charge in [0, 0.05) is 29.1 Å². The number of aliphatic carboxylic acids is 1. The first-order valence-electron chi connectivity index (χ1n) is 12.0. The summed E-state index contributed by atoms with van der Waals surface area (Å²) in [5.41, 5.74) is 7.08. The van der Waals surface area contributed by atoms with Gasteiger partial charge in [0.15, 0.2) is 0 Å². The maximum absolute atomic E-state index is 12.9. The average Bonchev–Trinajstić information content (AvgIpc) is 3.31. The molecule has 1 amide bonds. The third-order valence-corrected chi connectivity index (χ3v) is 7.01. The van der Waals surface area contributed by atoms with Gasteiger partial charge in [-0.25, -0.2) is 14.8 Å². The second-order valence-electron chi connectivity index (χ2n) is 9.26. The van der Waals surface area contributed by atoms with E-state index in [2.05, 4.69) is 15.6 Å². The molecule has 2 aromatic heterocycles. The van der Waals surface area contributed by atoms with Gasteiger partial charge in [0.2, 0.25) is 0 Å². The van der Waals surface area contributed by atoms with Crippen molar-refractivity contribution in [3.8, 4) is 10.6 Å². The Hall–Kier alpha value is -4.04. The molecule has 0 saturated heterocycles. The van der Waals surface area contributed by atoms with Crippen LogP contribution in [0, 0.1) is 27.7 Å². The Balaban J connectivity index is 1.40. The van der Waals surface area contributed by atoms with Crippen LogP contribution in [0.25, 0.3) is 10.6 Å². The minimum Gasteiger partial charge on any atom is -0.480 e. The maximum atomic E-state index is 12.9. The predicted octanol–water partition coefficient (Wildman–Crippen LogP) is 5.48. The second kappa shape index (κ2) is 11.3. The molecular weight excluding hydrogens is 484 g/mol. The number of aryl methyl sites for hydroxylation is 4. The molecule has 0 saturated carbocycles. The molecule has 1 unspecified atom stereocenters. The Kier molecular flexibility index (Phi) is 7.98. The quantitative estimate of drug-likeness (QED) is 0.273. The van der Waals surface area contributed by atoms with Crippen molar-refractivity contribution in [3.05, 3.63) is 99.2 Å². The van der Waals surface area contributed by atoms with Gasteiger partial charge in [-0.2, -0.15) is 0 Å². The van der Waals surface area contributed by atoms with Crippen molar-refractivity contribution in [2.45, 2.75) is 46.7 Å². The number of hydrogen-bond acceptors (Lipinski definition) is 6. The first kappa shape index (κ1) is 26.0. The maximum Gasteiger partial charge on any atom is 0.326 e. The van der Waals surface area contributed by atoms with E-state index in [0.29, 0.717) is 12.1 Å². The van der Waals surface area contributed by atoms with E-state index in [1.807, 2.05) is 81.6 Å². The number of pyridine rings is 1. The number of benzene rings is 2. The van der Waals surface area contributed by atoms with Gasteiger partial charge in [0.1, 0.15) is 16.9 Å². The molecule has 37 heavy (non-hydrogen) atoms. The van der Waals surface area contributed by atoms with Crippen molar-refractivity contribution < 1.29 is 14.7 Å². The summed E-state index contributed by atoms with van der Waals surface area (Å²) in [5, 5.41) is 18.6. The summed E-state index contributed by atoms with van der Waals surface area (Å²) in [7, 11) is 0. The molecule has 8 heteroatoms. The minimum absolute atomic E-state index is 0.182. The number of thiazole rings is 1. The standard InChI is InChI=1S/C29H30N4O3S/c1-17-9-10-30-25(13-17)31-15-23-16-37-28(32-23)22-7-5-21(6-8-22)14-24(29(35)36)33-27(34)26-19(3)11-18(2)12-20(26)4/h5-13,16,24H,14-15H2,1-4H3,(H,30,31)(H,33,34)(H,35,36). The van der Waals surface area contributed by atoms with E-state index in [0.717, 1.165) is 49.9 Å². The number of carboxylic acids is 1. The lowest BCUT2D eigenvalue weighted by Gasteiger charge is -2.17. The molecular formula is C29H30N4O3S. The lowest BCUT2D eigenvalue weighted by atomic mass is 9.98. The van der Waals surface area contributed by atoms with Crippen molar-refractivity contribution in [3.63, 3.8) is 0 Å².